The minimum absolute atomic E-state index is 0.318. The Labute approximate surface area is 121 Å². The summed E-state index contributed by atoms with van der Waals surface area (Å²) in [5.41, 5.74) is 8.89. The van der Waals surface area contributed by atoms with Crippen molar-refractivity contribution in [3.63, 3.8) is 0 Å². The van der Waals surface area contributed by atoms with Crippen LogP contribution in [0, 0.1) is 0 Å². The molecular formula is C15H12ClN3O. The minimum atomic E-state index is -0.923. The molecule has 4 nitrogen and oxygen atoms in total. The zero-order valence-electron chi connectivity index (χ0n) is 10.5. The van der Waals surface area contributed by atoms with Crippen molar-refractivity contribution in [2.24, 2.45) is 10.7 Å². The van der Waals surface area contributed by atoms with Gasteiger partial charge in [0, 0.05) is 16.1 Å². The molecule has 1 aliphatic rings. The van der Waals surface area contributed by atoms with Gasteiger partial charge in [0.1, 0.15) is 0 Å². The molecule has 0 spiro atoms. The number of carbonyl (C=O) groups excluding carboxylic acids is 1. The van der Waals surface area contributed by atoms with Gasteiger partial charge in [0.2, 0.25) is 0 Å². The molecule has 3 rings (SSSR count). The summed E-state index contributed by atoms with van der Waals surface area (Å²) in [5.74, 6) is -0.318. The normalized spacial score (nSPS) is 17.8. The number of nitrogens with zero attached hydrogens (tertiary/aromatic N) is 1. The molecule has 2 aromatic carbocycles. The van der Waals surface area contributed by atoms with Crippen LogP contribution in [0.15, 0.2) is 53.5 Å². The zero-order valence-corrected chi connectivity index (χ0v) is 11.3. The number of halogens is 1. The molecule has 1 heterocycles. The third-order valence-electron chi connectivity index (χ3n) is 3.09. The number of fused-ring (bicyclic) bond motifs is 1. The number of para-hydroxylation sites is 1. The zero-order chi connectivity index (χ0) is 14.1. The maximum Gasteiger partial charge on any atom is 0.263 e. The van der Waals surface area contributed by atoms with Gasteiger partial charge in [-0.25, -0.2) is 0 Å². The average Bonchev–Trinajstić information content (AvgIpc) is 2.58. The van der Waals surface area contributed by atoms with Gasteiger partial charge in [-0.15, -0.1) is 0 Å². The number of carbonyl (C=O) groups is 1. The van der Waals surface area contributed by atoms with Crippen molar-refractivity contribution in [2.75, 3.05) is 5.32 Å². The van der Waals surface area contributed by atoms with Gasteiger partial charge in [-0.2, -0.15) is 0 Å². The molecule has 3 N–H and O–H groups in total. The molecule has 2 aromatic rings. The lowest BCUT2D eigenvalue weighted by atomic mass is 10.0. The lowest BCUT2D eigenvalue weighted by Crippen LogP contribution is -2.33. The van der Waals surface area contributed by atoms with Crippen LogP contribution >= 0.6 is 11.6 Å². The topological polar surface area (TPSA) is 67.5 Å². The highest BCUT2D eigenvalue weighted by molar-refractivity contribution is 6.30. The van der Waals surface area contributed by atoms with Crippen LogP contribution < -0.4 is 11.1 Å². The van der Waals surface area contributed by atoms with Crippen LogP contribution in [-0.2, 0) is 4.79 Å². The maximum atomic E-state index is 11.8. The summed E-state index contributed by atoms with van der Waals surface area (Å²) in [5, 5.41) is 3.43. The van der Waals surface area contributed by atoms with Crippen molar-refractivity contribution in [1.29, 1.82) is 0 Å². The number of rotatable bonds is 1. The number of nitrogens with two attached hydrogens (primary N) is 1. The Morgan fingerprint density at radius 2 is 1.80 bits per heavy atom. The van der Waals surface area contributed by atoms with Crippen molar-refractivity contribution >= 4 is 28.9 Å². The predicted octanol–water partition coefficient (Wildman–Crippen LogP) is 2.41. The van der Waals surface area contributed by atoms with E-state index in [1.54, 1.807) is 12.1 Å². The van der Waals surface area contributed by atoms with E-state index >= 15 is 0 Å². The molecule has 0 fully saturated rings. The van der Waals surface area contributed by atoms with Crippen LogP contribution in [0.1, 0.15) is 11.1 Å². The summed E-state index contributed by atoms with van der Waals surface area (Å²) in [7, 11) is 0. The van der Waals surface area contributed by atoms with Gasteiger partial charge in [0.15, 0.2) is 6.17 Å². The smallest absolute Gasteiger partial charge is 0.263 e. The molecule has 0 aromatic heterocycles. The monoisotopic (exact) mass is 285 g/mol. The SMILES string of the molecule is N[C@H]1N=C(c2ccc(Cl)cc2)c2ccccc2NC1=O. The Morgan fingerprint density at radius 1 is 1.10 bits per heavy atom. The van der Waals surface area contributed by atoms with E-state index in [0.717, 1.165) is 11.1 Å². The van der Waals surface area contributed by atoms with Crippen molar-refractivity contribution in [3.05, 3.63) is 64.7 Å². The van der Waals surface area contributed by atoms with Crippen LogP contribution in [0.4, 0.5) is 5.69 Å². The number of amides is 1. The van der Waals surface area contributed by atoms with Crippen LogP contribution in [-0.4, -0.2) is 17.8 Å². The second-order valence-corrected chi connectivity index (χ2v) is 4.90. The number of hydrogen-bond donors (Lipinski definition) is 2. The molecule has 5 heteroatoms. The predicted molar refractivity (Wildman–Crippen MR) is 80.1 cm³/mol. The third kappa shape index (κ3) is 2.31. The highest BCUT2D eigenvalue weighted by Crippen LogP contribution is 2.23. The number of benzodiazepines with no additional fused rings is 1. The summed E-state index contributed by atoms with van der Waals surface area (Å²) in [6, 6.07) is 14.8. The molecule has 0 aliphatic carbocycles. The Hall–Kier alpha value is -2.17. The van der Waals surface area contributed by atoms with E-state index in [-0.39, 0.29) is 5.91 Å². The van der Waals surface area contributed by atoms with Gasteiger partial charge in [-0.1, -0.05) is 41.9 Å². The highest BCUT2D eigenvalue weighted by Gasteiger charge is 2.22. The van der Waals surface area contributed by atoms with Crippen LogP contribution in [0.5, 0.6) is 0 Å². The Kier molecular flexibility index (Phi) is 3.26. The van der Waals surface area contributed by atoms with Crippen molar-refractivity contribution in [1.82, 2.24) is 0 Å². The number of hydrogen-bond acceptors (Lipinski definition) is 3. The highest BCUT2D eigenvalue weighted by atomic mass is 35.5. The van der Waals surface area contributed by atoms with Crippen LogP contribution in [0.2, 0.25) is 5.02 Å². The average molecular weight is 286 g/mol. The van der Waals surface area contributed by atoms with Gasteiger partial charge in [-0.05, 0) is 18.2 Å². The van der Waals surface area contributed by atoms with Gasteiger partial charge in [-0.3, -0.25) is 9.79 Å². The molecule has 100 valence electrons. The van der Waals surface area contributed by atoms with E-state index in [2.05, 4.69) is 10.3 Å². The second-order valence-electron chi connectivity index (χ2n) is 4.46. The Morgan fingerprint density at radius 3 is 2.55 bits per heavy atom. The molecule has 0 saturated carbocycles. The lowest BCUT2D eigenvalue weighted by molar-refractivity contribution is -0.117. The quantitative estimate of drug-likeness (QED) is 0.845. The summed E-state index contributed by atoms with van der Waals surface area (Å²) in [6.45, 7) is 0. The molecule has 0 radical (unpaired) electrons. The van der Waals surface area contributed by atoms with Gasteiger partial charge in [0.25, 0.3) is 5.91 Å². The van der Waals surface area contributed by atoms with E-state index in [9.17, 15) is 4.79 Å². The van der Waals surface area contributed by atoms with E-state index in [4.69, 9.17) is 17.3 Å². The Bertz CT molecular complexity index is 695. The Balaban J connectivity index is 2.18. The van der Waals surface area contributed by atoms with Crippen LogP contribution in [0.3, 0.4) is 0 Å². The van der Waals surface area contributed by atoms with Gasteiger partial charge < -0.3 is 11.1 Å². The summed E-state index contributed by atoms with van der Waals surface area (Å²) < 4.78 is 0. The van der Waals surface area contributed by atoms with Crippen molar-refractivity contribution in [2.45, 2.75) is 6.17 Å². The largest absolute Gasteiger partial charge is 0.322 e. The number of anilines is 1. The molecule has 1 aliphatic heterocycles. The second kappa shape index (κ2) is 5.07. The molecule has 0 bridgehead atoms. The fourth-order valence-corrected chi connectivity index (χ4v) is 2.24. The molecule has 0 saturated heterocycles. The molecule has 1 amide bonds. The van der Waals surface area contributed by atoms with Crippen molar-refractivity contribution in [3.8, 4) is 0 Å². The van der Waals surface area contributed by atoms with E-state index < -0.39 is 6.17 Å². The van der Waals surface area contributed by atoms with Crippen molar-refractivity contribution < 1.29 is 4.79 Å². The number of nitrogens with one attached hydrogen (secondary N) is 1. The minimum Gasteiger partial charge on any atom is -0.322 e. The van der Waals surface area contributed by atoms with Gasteiger partial charge in [0.05, 0.1) is 11.4 Å². The first-order valence-corrected chi connectivity index (χ1v) is 6.52. The van der Waals surface area contributed by atoms with E-state index in [1.807, 2.05) is 36.4 Å². The molecule has 20 heavy (non-hydrogen) atoms. The first-order valence-electron chi connectivity index (χ1n) is 6.15. The molecule has 0 unspecified atom stereocenters. The lowest BCUT2D eigenvalue weighted by Gasteiger charge is -2.09. The molecular weight excluding hydrogens is 274 g/mol. The van der Waals surface area contributed by atoms with E-state index in [1.165, 1.54) is 0 Å². The number of aliphatic imine (C=N–C) groups is 1. The summed E-state index contributed by atoms with van der Waals surface area (Å²) in [4.78, 5) is 16.2. The maximum absolute atomic E-state index is 11.8. The molecule has 1 atom stereocenters. The summed E-state index contributed by atoms with van der Waals surface area (Å²) >= 11 is 5.90. The first-order chi connectivity index (χ1) is 9.65. The summed E-state index contributed by atoms with van der Waals surface area (Å²) in [6.07, 6.45) is -0.923. The van der Waals surface area contributed by atoms with E-state index in [0.29, 0.717) is 16.4 Å². The fourth-order valence-electron chi connectivity index (χ4n) is 2.11. The van der Waals surface area contributed by atoms with Crippen LogP contribution in [0.25, 0.3) is 0 Å². The van der Waals surface area contributed by atoms with Gasteiger partial charge >= 0.3 is 0 Å². The first kappa shape index (κ1) is 12.8. The third-order valence-corrected chi connectivity index (χ3v) is 3.35. The fraction of sp³-hybridized carbons (Fsp3) is 0.0667. The standard InChI is InChI=1S/C15H12ClN3O/c16-10-7-5-9(6-8-10)13-11-3-1-2-4-12(11)18-15(20)14(17)19-13/h1-8,14H,17H2,(H,18,20)/t14-/m0/s1. The number of benzene rings is 2.